The molecule has 0 saturated carbocycles. The fraction of sp³-hybridized carbons (Fsp3) is 0.0769. The number of benzene rings is 2. The molecule has 0 radical (unpaired) electrons. The van der Waals surface area contributed by atoms with Gasteiger partial charge in [-0.25, -0.2) is 0 Å². The molecule has 0 bridgehead atoms. The highest BCUT2D eigenvalue weighted by atomic mass is 35.7. The standard InChI is InChI=1S/C13H12ClP/c1-11-7-5-6-10-13(11)15(14)12-8-3-2-4-9-12/h2-10H,1H3. The fourth-order valence-electron chi connectivity index (χ4n) is 1.48. The lowest BCUT2D eigenvalue weighted by molar-refractivity contribution is 1.52. The van der Waals surface area contributed by atoms with Gasteiger partial charge in [0.2, 0.25) is 0 Å². The lowest BCUT2D eigenvalue weighted by Gasteiger charge is -2.12. The Kier molecular flexibility index (Phi) is 3.41. The molecule has 2 rings (SSSR count). The van der Waals surface area contributed by atoms with Crippen molar-refractivity contribution in [2.75, 3.05) is 0 Å². The van der Waals surface area contributed by atoms with E-state index in [-0.39, 0.29) is 0 Å². The van der Waals surface area contributed by atoms with Crippen LogP contribution < -0.4 is 10.6 Å². The van der Waals surface area contributed by atoms with Gasteiger partial charge in [-0.05, 0) is 23.1 Å². The molecule has 0 aromatic heterocycles. The van der Waals surface area contributed by atoms with Gasteiger partial charge in [0.05, 0.1) is 7.27 Å². The Hall–Kier alpha value is -0.840. The highest BCUT2D eigenvalue weighted by Crippen LogP contribution is 2.39. The van der Waals surface area contributed by atoms with E-state index in [0.717, 1.165) is 0 Å². The van der Waals surface area contributed by atoms with Crippen LogP contribution in [-0.4, -0.2) is 0 Å². The van der Waals surface area contributed by atoms with Crippen molar-refractivity contribution in [3.8, 4) is 0 Å². The van der Waals surface area contributed by atoms with Crippen molar-refractivity contribution in [3.05, 3.63) is 60.2 Å². The second kappa shape index (κ2) is 4.79. The van der Waals surface area contributed by atoms with Crippen LogP contribution in [0.2, 0.25) is 0 Å². The zero-order valence-electron chi connectivity index (χ0n) is 8.52. The Labute approximate surface area is 96.4 Å². The Bertz CT molecular complexity index is 439. The minimum absolute atomic E-state index is 0.719. The predicted molar refractivity (Wildman–Crippen MR) is 69.7 cm³/mol. The molecule has 0 saturated heterocycles. The minimum Gasteiger partial charge on any atom is -0.0859 e. The molecule has 0 amide bonds. The smallest absolute Gasteiger partial charge is 0.0526 e. The van der Waals surface area contributed by atoms with Crippen molar-refractivity contribution in [2.45, 2.75) is 6.92 Å². The second-order valence-electron chi connectivity index (χ2n) is 3.40. The summed E-state index contributed by atoms with van der Waals surface area (Å²) < 4.78 is 0. The summed E-state index contributed by atoms with van der Waals surface area (Å²) in [4.78, 5) is 0. The average molecular weight is 235 g/mol. The average Bonchev–Trinajstić information content (AvgIpc) is 2.30. The Morgan fingerprint density at radius 1 is 0.867 bits per heavy atom. The summed E-state index contributed by atoms with van der Waals surface area (Å²) in [7, 11) is -0.719. The normalized spacial score (nSPS) is 12.4. The van der Waals surface area contributed by atoms with Crippen molar-refractivity contribution in [2.24, 2.45) is 0 Å². The van der Waals surface area contributed by atoms with Crippen LogP contribution in [0.25, 0.3) is 0 Å². The lowest BCUT2D eigenvalue weighted by atomic mass is 10.2. The quantitative estimate of drug-likeness (QED) is 0.697. The zero-order valence-corrected chi connectivity index (χ0v) is 10.2. The largest absolute Gasteiger partial charge is 0.0859 e. The molecule has 2 aromatic carbocycles. The first-order chi connectivity index (χ1) is 7.29. The number of hydrogen-bond donors (Lipinski definition) is 0. The van der Waals surface area contributed by atoms with E-state index in [0.29, 0.717) is 0 Å². The van der Waals surface area contributed by atoms with Gasteiger partial charge in [0.1, 0.15) is 0 Å². The summed E-state index contributed by atoms with van der Waals surface area (Å²) in [6, 6.07) is 18.6. The Morgan fingerprint density at radius 2 is 1.47 bits per heavy atom. The van der Waals surface area contributed by atoms with E-state index in [2.05, 4.69) is 31.2 Å². The zero-order chi connectivity index (χ0) is 10.7. The van der Waals surface area contributed by atoms with Gasteiger partial charge in [-0.15, -0.1) is 0 Å². The Morgan fingerprint density at radius 3 is 2.13 bits per heavy atom. The predicted octanol–water partition coefficient (Wildman–Crippen LogP) is 3.58. The van der Waals surface area contributed by atoms with E-state index in [9.17, 15) is 0 Å². The molecule has 76 valence electrons. The summed E-state index contributed by atoms with van der Waals surface area (Å²) >= 11 is 6.50. The van der Waals surface area contributed by atoms with Gasteiger partial charge in [0, 0.05) is 0 Å². The van der Waals surface area contributed by atoms with Gasteiger partial charge in [-0.1, -0.05) is 65.8 Å². The van der Waals surface area contributed by atoms with Crippen LogP contribution in [0.3, 0.4) is 0 Å². The van der Waals surface area contributed by atoms with Gasteiger partial charge in [0.15, 0.2) is 0 Å². The molecule has 0 fully saturated rings. The van der Waals surface area contributed by atoms with Gasteiger partial charge in [-0.3, -0.25) is 0 Å². The highest BCUT2D eigenvalue weighted by molar-refractivity contribution is 7.95. The van der Waals surface area contributed by atoms with Crippen LogP contribution in [0.4, 0.5) is 0 Å². The van der Waals surface area contributed by atoms with Crippen LogP contribution in [0, 0.1) is 6.92 Å². The van der Waals surface area contributed by atoms with Crippen LogP contribution >= 0.6 is 18.5 Å². The SMILES string of the molecule is Cc1ccccc1P(Cl)c1ccccc1. The van der Waals surface area contributed by atoms with E-state index >= 15 is 0 Å². The lowest BCUT2D eigenvalue weighted by Crippen LogP contribution is -2.10. The first-order valence-electron chi connectivity index (χ1n) is 4.85. The molecule has 0 N–H and O–H groups in total. The number of rotatable bonds is 2. The van der Waals surface area contributed by atoms with Crippen molar-refractivity contribution in [1.82, 2.24) is 0 Å². The van der Waals surface area contributed by atoms with Crippen LogP contribution in [0.15, 0.2) is 54.6 Å². The molecule has 1 unspecified atom stereocenters. The molecular weight excluding hydrogens is 223 g/mol. The monoisotopic (exact) mass is 234 g/mol. The van der Waals surface area contributed by atoms with Gasteiger partial charge >= 0.3 is 0 Å². The maximum absolute atomic E-state index is 6.50. The molecular formula is C13H12ClP. The van der Waals surface area contributed by atoms with E-state index < -0.39 is 7.27 Å². The molecule has 0 spiro atoms. The Balaban J connectivity index is 2.37. The molecule has 0 aliphatic rings. The first kappa shape index (κ1) is 10.7. The summed E-state index contributed by atoms with van der Waals surface area (Å²) in [5, 5.41) is 2.46. The van der Waals surface area contributed by atoms with E-state index in [1.54, 1.807) is 0 Å². The first-order valence-corrected chi connectivity index (χ1v) is 7.10. The highest BCUT2D eigenvalue weighted by Gasteiger charge is 2.11. The molecule has 0 aliphatic carbocycles. The molecule has 2 heteroatoms. The van der Waals surface area contributed by atoms with Crippen LogP contribution in [0.5, 0.6) is 0 Å². The van der Waals surface area contributed by atoms with Crippen molar-refractivity contribution in [3.63, 3.8) is 0 Å². The molecule has 0 aliphatic heterocycles. The maximum Gasteiger partial charge on any atom is 0.0526 e. The third kappa shape index (κ3) is 2.40. The summed E-state index contributed by atoms with van der Waals surface area (Å²) in [6.45, 7) is 2.11. The third-order valence-corrected chi connectivity index (χ3v) is 5.12. The van der Waals surface area contributed by atoms with Gasteiger partial charge in [0.25, 0.3) is 0 Å². The number of halogens is 1. The van der Waals surface area contributed by atoms with Crippen molar-refractivity contribution < 1.29 is 0 Å². The topological polar surface area (TPSA) is 0 Å². The van der Waals surface area contributed by atoms with E-state index in [1.165, 1.54) is 16.2 Å². The fourth-order valence-corrected chi connectivity index (χ4v) is 3.70. The van der Waals surface area contributed by atoms with Crippen LogP contribution in [0.1, 0.15) is 5.56 Å². The van der Waals surface area contributed by atoms with Crippen molar-refractivity contribution in [1.29, 1.82) is 0 Å². The summed E-state index contributed by atoms with van der Waals surface area (Å²) in [5.41, 5.74) is 1.27. The third-order valence-electron chi connectivity index (χ3n) is 2.31. The van der Waals surface area contributed by atoms with Crippen LogP contribution in [-0.2, 0) is 0 Å². The summed E-state index contributed by atoms with van der Waals surface area (Å²) in [6.07, 6.45) is 0. The van der Waals surface area contributed by atoms with E-state index in [1.807, 2.05) is 30.3 Å². The molecule has 1 atom stereocenters. The number of aryl methyl sites for hydroxylation is 1. The van der Waals surface area contributed by atoms with Gasteiger partial charge < -0.3 is 0 Å². The molecule has 0 heterocycles. The maximum atomic E-state index is 6.50. The van der Waals surface area contributed by atoms with Gasteiger partial charge in [-0.2, -0.15) is 0 Å². The molecule has 2 aromatic rings. The van der Waals surface area contributed by atoms with E-state index in [4.69, 9.17) is 11.2 Å². The number of hydrogen-bond acceptors (Lipinski definition) is 0. The minimum atomic E-state index is -0.719. The molecule has 15 heavy (non-hydrogen) atoms. The van der Waals surface area contributed by atoms with Crippen molar-refractivity contribution >= 4 is 29.1 Å². The second-order valence-corrected chi connectivity index (χ2v) is 5.98. The molecule has 0 nitrogen and oxygen atoms in total. The summed E-state index contributed by atoms with van der Waals surface area (Å²) in [5.74, 6) is 0.